The number of thiazole rings is 1. The maximum atomic E-state index is 13.7. The number of carbonyl (C=O) groups is 6. The average Bonchev–Trinajstić information content (AvgIpc) is 3.81. The third-order valence-corrected chi connectivity index (χ3v) is 11.3. The number of thioether (sulfide) groups is 2. The van der Waals surface area contributed by atoms with Crippen molar-refractivity contribution in [3.8, 4) is 11.5 Å². The molecule has 2 atom stereocenters. The molecule has 2 aliphatic rings. The number of nitrogens with two attached hydrogens (primary N) is 1. The number of carboxylic acids is 1. The SMILES string of the molecule is Cc1cc(SCC2=C(C(=O)O)N3C(=O)[C@@H](NC(=O)C(=NOC(C)(C)C(=O)NNC(=O)c4ccc(O)c(O)c4)c4csc(N)n4)[C@H]3SC2)n2nc(C(=O)N(C)O)nc2n1. The van der Waals surface area contributed by atoms with Crippen molar-refractivity contribution in [3.05, 3.63) is 63.7 Å². The number of hydrogen-bond acceptors (Lipinski definition) is 19. The van der Waals surface area contributed by atoms with Gasteiger partial charge in [0.2, 0.25) is 11.4 Å². The minimum atomic E-state index is -1.83. The van der Waals surface area contributed by atoms with Crippen LogP contribution in [0, 0.1) is 6.92 Å². The van der Waals surface area contributed by atoms with Gasteiger partial charge in [0.15, 0.2) is 22.3 Å². The molecule has 4 aromatic rings. The molecule has 1 aromatic carbocycles. The summed E-state index contributed by atoms with van der Waals surface area (Å²) in [6.45, 7) is 4.24. The van der Waals surface area contributed by atoms with E-state index in [2.05, 4.69) is 41.4 Å². The second-order valence-corrected chi connectivity index (χ2v) is 15.8. The number of aliphatic carboxylic acids is 1. The first kappa shape index (κ1) is 41.1. The number of nitrogen functional groups attached to an aromatic ring is 1. The van der Waals surface area contributed by atoms with E-state index in [1.807, 2.05) is 0 Å². The Bertz CT molecular complexity index is 2450. The van der Waals surface area contributed by atoms with Crippen molar-refractivity contribution in [2.75, 3.05) is 24.3 Å². The smallest absolute Gasteiger partial charge is 0.352 e. The molecule has 0 unspecified atom stereocenters. The van der Waals surface area contributed by atoms with E-state index < -0.39 is 69.7 Å². The number of amides is 5. The van der Waals surface area contributed by atoms with E-state index in [0.29, 0.717) is 21.4 Å². The van der Waals surface area contributed by atoms with Gasteiger partial charge >= 0.3 is 11.9 Å². The van der Waals surface area contributed by atoms with Crippen LogP contribution in [0.4, 0.5) is 5.13 Å². The van der Waals surface area contributed by atoms with Gasteiger partial charge in [0.25, 0.3) is 29.4 Å². The van der Waals surface area contributed by atoms with Crippen molar-refractivity contribution in [2.24, 2.45) is 5.16 Å². The number of nitrogens with zero attached hydrogens (tertiary/aromatic N) is 8. The standard InChI is InChI=1S/C32H32N12O11S3/c1-12-7-18(44-31(34-12)37-22(40-44)26(50)42(4)54)56-9-14-10-57-27-20(25(49)43(27)21(14)28(51)52)36-24(48)19(15-11-58-30(33)35-15)41-55-32(2,3)29(53)39-38-23(47)13-5-6-16(45)17(46)8-13/h5-8,11,20,27,45-46,54H,9-10H2,1-4H3,(H2,33,35)(H,36,48)(H,38,47)(H,39,53)(H,51,52)/t20-,27-/m1/s1. The number of aromatic hydroxyl groups is 2. The molecule has 1 saturated heterocycles. The van der Waals surface area contributed by atoms with Crippen LogP contribution in [-0.4, -0.2) is 132 Å². The molecular formula is C32H32N12O11S3. The van der Waals surface area contributed by atoms with Gasteiger partial charge in [0.1, 0.15) is 27.8 Å². The summed E-state index contributed by atoms with van der Waals surface area (Å²) in [6, 6.07) is 3.71. The number of nitrogens with one attached hydrogen (secondary N) is 3. The number of phenolic OH excluding ortho intramolecular Hbond substituents is 2. The molecule has 9 N–H and O–H groups in total. The number of β-lactam (4-membered cyclic amide) rings is 1. The summed E-state index contributed by atoms with van der Waals surface area (Å²) in [7, 11) is 1.12. The molecule has 0 aliphatic carbocycles. The van der Waals surface area contributed by atoms with Gasteiger partial charge in [-0.25, -0.2) is 19.8 Å². The molecule has 1 fully saturated rings. The molecule has 5 amide bonds. The van der Waals surface area contributed by atoms with E-state index in [-0.39, 0.29) is 45.2 Å². The molecular weight excluding hydrogens is 825 g/mol. The maximum Gasteiger partial charge on any atom is 0.352 e. The van der Waals surface area contributed by atoms with E-state index in [9.17, 15) is 49.3 Å². The van der Waals surface area contributed by atoms with Crippen molar-refractivity contribution < 1.29 is 54.1 Å². The first-order chi connectivity index (χ1) is 27.4. The minimum Gasteiger partial charge on any atom is -0.504 e. The van der Waals surface area contributed by atoms with Gasteiger partial charge in [0.05, 0.1) is 0 Å². The molecule has 58 heavy (non-hydrogen) atoms. The molecule has 26 heteroatoms. The molecule has 0 bridgehead atoms. The van der Waals surface area contributed by atoms with Crippen LogP contribution >= 0.6 is 34.9 Å². The van der Waals surface area contributed by atoms with E-state index in [4.69, 9.17) is 10.6 Å². The van der Waals surface area contributed by atoms with Gasteiger partial charge in [-0.3, -0.25) is 44.9 Å². The zero-order valence-corrected chi connectivity index (χ0v) is 32.9. The number of phenols is 2. The predicted octanol–water partition coefficient (Wildman–Crippen LogP) is -0.165. The zero-order valence-electron chi connectivity index (χ0n) is 30.5. The van der Waals surface area contributed by atoms with Gasteiger partial charge in [-0.05, 0) is 50.6 Å². The number of hydroxylamine groups is 2. The molecule has 0 spiro atoms. The summed E-state index contributed by atoms with van der Waals surface area (Å²) in [5.74, 6) is -6.70. The minimum absolute atomic E-state index is 0.0593. The number of aromatic nitrogens is 5. The average molecular weight is 857 g/mol. The summed E-state index contributed by atoms with van der Waals surface area (Å²) >= 11 is 3.33. The summed E-state index contributed by atoms with van der Waals surface area (Å²) in [5.41, 5.74) is 8.25. The van der Waals surface area contributed by atoms with Gasteiger partial charge in [-0.15, -0.1) is 40.0 Å². The summed E-state index contributed by atoms with van der Waals surface area (Å²) in [6.07, 6.45) is 0. The second kappa shape index (κ2) is 16.2. The summed E-state index contributed by atoms with van der Waals surface area (Å²) in [4.78, 5) is 96.3. The molecule has 5 heterocycles. The number of hydrazine groups is 1. The monoisotopic (exact) mass is 856 g/mol. The third-order valence-electron chi connectivity index (χ3n) is 8.24. The predicted molar refractivity (Wildman–Crippen MR) is 203 cm³/mol. The Morgan fingerprint density at radius 2 is 1.86 bits per heavy atom. The fraction of sp³-hybridized carbons (Fsp3) is 0.281. The number of oxime groups is 1. The van der Waals surface area contributed by atoms with Crippen molar-refractivity contribution in [1.82, 2.24) is 50.7 Å². The number of hydrogen-bond donors (Lipinski definition) is 8. The van der Waals surface area contributed by atoms with Crippen molar-refractivity contribution in [3.63, 3.8) is 0 Å². The Morgan fingerprint density at radius 1 is 1.12 bits per heavy atom. The molecule has 2 aliphatic heterocycles. The Kier molecular flexibility index (Phi) is 11.5. The van der Waals surface area contributed by atoms with Gasteiger partial charge in [0, 0.05) is 35.2 Å². The van der Waals surface area contributed by atoms with E-state index >= 15 is 0 Å². The molecule has 0 radical (unpaired) electrons. The lowest BCUT2D eigenvalue weighted by molar-refractivity contribution is -0.150. The Morgan fingerprint density at radius 3 is 2.52 bits per heavy atom. The number of rotatable bonds is 12. The molecule has 23 nitrogen and oxygen atoms in total. The third kappa shape index (κ3) is 8.29. The number of benzene rings is 1. The lowest BCUT2D eigenvalue weighted by Crippen LogP contribution is -2.71. The van der Waals surface area contributed by atoms with Crippen LogP contribution in [0.3, 0.4) is 0 Å². The summed E-state index contributed by atoms with van der Waals surface area (Å²) in [5, 5.41) is 50.9. The van der Waals surface area contributed by atoms with Crippen molar-refractivity contribution >= 4 is 87.0 Å². The van der Waals surface area contributed by atoms with Gasteiger partial charge in [-0.2, -0.15) is 9.50 Å². The quantitative estimate of drug-likeness (QED) is 0.0174. The first-order valence-corrected chi connectivity index (χ1v) is 19.4. The van der Waals surface area contributed by atoms with Crippen LogP contribution in [0.25, 0.3) is 5.78 Å². The van der Waals surface area contributed by atoms with Crippen LogP contribution in [0.2, 0.25) is 0 Å². The molecule has 3 aromatic heterocycles. The van der Waals surface area contributed by atoms with Crippen LogP contribution in [0.5, 0.6) is 11.5 Å². The highest BCUT2D eigenvalue weighted by Gasteiger charge is 2.54. The number of carboxylic acid groups (broad SMARTS) is 1. The second-order valence-electron chi connectivity index (χ2n) is 12.8. The van der Waals surface area contributed by atoms with Gasteiger partial charge in [-0.1, -0.05) is 5.16 Å². The lowest BCUT2D eigenvalue weighted by Gasteiger charge is -2.49. The van der Waals surface area contributed by atoms with E-state index in [0.717, 1.165) is 47.2 Å². The summed E-state index contributed by atoms with van der Waals surface area (Å²) < 4.78 is 1.28. The van der Waals surface area contributed by atoms with Crippen LogP contribution in [0.1, 0.15) is 46.2 Å². The van der Waals surface area contributed by atoms with Crippen LogP contribution < -0.4 is 21.9 Å². The fourth-order valence-electron chi connectivity index (χ4n) is 5.26. The van der Waals surface area contributed by atoms with Gasteiger partial charge < -0.3 is 31.2 Å². The molecule has 6 rings (SSSR count). The Hall–Kier alpha value is -6.51. The lowest BCUT2D eigenvalue weighted by atomic mass is 10.0. The fourth-order valence-corrected chi connectivity index (χ4v) is 8.34. The first-order valence-electron chi connectivity index (χ1n) is 16.5. The van der Waals surface area contributed by atoms with Crippen molar-refractivity contribution in [1.29, 1.82) is 0 Å². The van der Waals surface area contributed by atoms with Crippen LogP contribution in [0.15, 0.2) is 51.1 Å². The van der Waals surface area contributed by atoms with Crippen LogP contribution in [-0.2, 0) is 24.0 Å². The Labute approximate surface area is 338 Å². The highest BCUT2D eigenvalue weighted by molar-refractivity contribution is 8.01. The molecule has 0 saturated carbocycles. The van der Waals surface area contributed by atoms with E-state index in [1.165, 1.54) is 41.6 Å². The van der Waals surface area contributed by atoms with E-state index in [1.54, 1.807) is 13.0 Å². The highest BCUT2D eigenvalue weighted by atomic mass is 32.2. The zero-order chi connectivity index (χ0) is 42.2. The highest BCUT2D eigenvalue weighted by Crippen LogP contribution is 2.42. The topological polar surface area (TPSA) is 329 Å². The maximum absolute atomic E-state index is 13.7. The number of carbonyl (C=O) groups excluding carboxylic acids is 5. The Balaban J connectivity index is 1.15. The normalized spacial score (nSPS) is 16.7. The largest absolute Gasteiger partial charge is 0.504 e. The number of fused-ring (bicyclic) bond motifs is 2. The molecule has 304 valence electrons. The van der Waals surface area contributed by atoms with Crippen molar-refractivity contribution in [2.45, 2.75) is 42.8 Å². The number of aryl methyl sites for hydroxylation is 1. The number of anilines is 1.